The van der Waals surface area contributed by atoms with E-state index in [0.29, 0.717) is 56.0 Å². The molecule has 55 heavy (non-hydrogen) atoms. The Bertz CT molecular complexity index is 1770. The molecule has 0 fully saturated rings. The molecule has 0 amide bonds. The average molecular weight is 756 g/mol. The van der Waals surface area contributed by atoms with E-state index in [1.54, 1.807) is 31.2 Å². The number of nitriles is 1. The molecule has 0 saturated carbocycles. The van der Waals surface area contributed by atoms with Gasteiger partial charge in [-0.05, 0) is 139 Å². The minimum absolute atomic E-state index is 0.0232. The van der Waals surface area contributed by atoms with Crippen molar-refractivity contribution >= 4 is 30.3 Å². The Hall–Kier alpha value is -6.22. The normalized spacial score (nSPS) is 10.0. The summed E-state index contributed by atoms with van der Waals surface area (Å²) >= 11 is 0. The van der Waals surface area contributed by atoms with Crippen molar-refractivity contribution in [1.29, 1.82) is 5.26 Å². The number of benzene rings is 3. The van der Waals surface area contributed by atoms with Crippen molar-refractivity contribution < 1.29 is 52.4 Å². The molecule has 0 atom stereocenters. The van der Waals surface area contributed by atoms with Crippen LogP contribution in [0.4, 0.5) is 0 Å². The van der Waals surface area contributed by atoms with Crippen molar-refractivity contribution in [2.75, 3.05) is 26.4 Å². The third-order valence-electron chi connectivity index (χ3n) is 7.27. The van der Waals surface area contributed by atoms with E-state index in [1.165, 1.54) is 48.0 Å². The number of nitrogens with zero attached hydrogens (tertiary/aromatic N) is 1. The van der Waals surface area contributed by atoms with Gasteiger partial charge in [-0.3, -0.25) is 4.79 Å². The van der Waals surface area contributed by atoms with Gasteiger partial charge < -0.3 is 28.4 Å². The number of carbonyl (C=O) groups is 5. The van der Waals surface area contributed by atoms with E-state index in [0.717, 1.165) is 38.5 Å². The summed E-state index contributed by atoms with van der Waals surface area (Å²) in [6, 6.07) is 18.2. The predicted molar refractivity (Wildman–Crippen MR) is 205 cm³/mol. The maximum Gasteiger partial charge on any atom is 0.343 e. The van der Waals surface area contributed by atoms with Crippen LogP contribution in [0.2, 0.25) is 0 Å². The van der Waals surface area contributed by atoms with Crippen molar-refractivity contribution in [2.24, 2.45) is 0 Å². The Morgan fingerprint density at radius 1 is 0.636 bits per heavy atom. The van der Waals surface area contributed by atoms with Gasteiger partial charge in [0.2, 0.25) is 0 Å². The molecule has 0 aliphatic rings. The number of hydrogen-bond acceptors (Lipinski definition) is 12. The number of esters is 4. The van der Waals surface area contributed by atoms with Crippen LogP contribution < -0.4 is 14.2 Å². The van der Waals surface area contributed by atoms with E-state index in [-0.39, 0.29) is 40.8 Å². The Morgan fingerprint density at radius 2 is 1.15 bits per heavy atom. The monoisotopic (exact) mass is 755 g/mol. The third-order valence-corrected chi connectivity index (χ3v) is 7.27. The van der Waals surface area contributed by atoms with Crippen LogP contribution in [0.5, 0.6) is 17.2 Å². The highest BCUT2D eigenvalue weighted by Crippen LogP contribution is 2.27. The number of hydrogen-bond donors (Lipinski definition) is 0. The van der Waals surface area contributed by atoms with Gasteiger partial charge in [-0.15, -0.1) is 6.58 Å². The third kappa shape index (κ3) is 18.4. The van der Waals surface area contributed by atoms with E-state index in [4.69, 9.17) is 28.9 Å². The van der Waals surface area contributed by atoms with Crippen molar-refractivity contribution in [3.05, 3.63) is 113 Å². The van der Waals surface area contributed by atoms with Gasteiger partial charge in [-0.25, -0.2) is 19.2 Å². The van der Waals surface area contributed by atoms with Gasteiger partial charge >= 0.3 is 23.9 Å². The number of ether oxygens (including phenoxy) is 6. The quantitative estimate of drug-likeness (QED) is 0.0183. The number of unbranched alkanes of at least 4 members (excludes halogenated alkanes) is 6. The SMILES string of the molecule is C=C(C)C.C=C(C)C(=O)OCCCCCCOc1ccc(C(=O)Oc2ccc(OC(=O)c3ccc(C#N)cc3)c(C(=O)OCCCCCCOC=O)c2)cc1. The largest absolute Gasteiger partial charge is 0.494 e. The molecule has 0 N–H and O–H groups in total. The minimum atomic E-state index is -0.785. The van der Waals surface area contributed by atoms with E-state index < -0.39 is 17.9 Å². The highest BCUT2D eigenvalue weighted by atomic mass is 16.6. The van der Waals surface area contributed by atoms with Gasteiger partial charge in [-0.2, -0.15) is 5.26 Å². The van der Waals surface area contributed by atoms with Crippen molar-refractivity contribution in [3.63, 3.8) is 0 Å². The van der Waals surface area contributed by atoms with Crippen molar-refractivity contribution in [2.45, 2.75) is 72.1 Å². The molecule has 0 radical (unpaired) electrons. The smallest absolute Gasteiger partial charge is 0.343 e. The molecule has 0 unspecified atom stereocenters. The van der Waals surface area contributed by atoms with Gasteiger partial charge in [0.15, 0.2) is 0 Å². The molecule has 0 aromatic heterocycles. The first kappa shape index (κ1) is 44.9. The summed E-state index contributed by atoms with van der Waals surface area (Å²) in [6.45, 7) is 14.3. The van der Waals surface area contributed by atoms with Crippen molar-refractivity contribution in [3.8, 4) is 23.3 Å². The lowest BCUT2D eigenvalue weighted by Gasteiger charge is -2.13. The van der Waals surface area contributed by atoms with E-state index in [1.807, 2.05) is 19.9 Å². The fourth-order valence-corrected chi connectivity index (χ4v) is 4.48. The first-order valence-corrected chi connectivity index (χ1v) is 17.9. The van der Waals surface area contributed by atoms with Crippen molar-refractivity contribution in [1.82, 2.24) is 0 Å². The number of rotatable bonds is 22. The van der Waals surface area contributed by atoms with Gasteiger partial charge in [0.25, 0.3) is 6.47 Å². The van der Waals surface area contributed by atoms with E-state index in [9.17, 15) is 24.0 Å². The molecule has 0 saturated heterocycles. The highest BCUT2D eigenvalue weighted by Gasteiger charge is 2.21. The van der Waals surface area contributed by atoms with Crippen LogP contribution in [0, 0.1) is 11.3 Å². The maximum absolute atomic E-state index is 13.1. The second kappa shape index (κ2) is 25.7. The molecule has 0 bridgehead atoms. The fourth-order valence-electron chi connectivity index (χ4n) is 4.48. The molecule has 3 aromatic carbocycles. The lowest BCUT2D eigenvalue weighted by atomic mass is 10.1. The Labute approximate surface area is 322 Å². The van der Waals surface area contributed by atoms with E-state index >= 15 is 0 Å². The Morgan fingerprint density at radius 3 is 1.71 bits per heavy atom. The summed E-state index contributed by atoms with van der Waals surface area (Å²) in [5, 5.41) is 9.03. The summed E-state index contributed by atoms with van der Waals surface area (Å²) in [5.41, 5.74) is 2.19. The molecule has 0 spiro atoms. The zero-order chi connectivity index (χ0) is 40.4. The van der Waals surface area contributed by atoms with Crippen LogP contribution in [-0.4, -0.2) is 56.8 Å². The van der Waals surface area contributed by atoms with Crippen LogP contribution in [0.3, 0.4) is 0 Å². The summed E-state index contributed by atoms with van der Waals surface area (Å²) in [4.78, 5) is 60.6. The standard InChI is InChI=1S/C39H41NO11.C4H8/c1-28(2)36(42)48-23-9-6-5-8-22-47-32-17-15-31(16-18-32)37(43)50-33-19-20-35(51-38(44)30-13-11-29(26-40)12-14-30)34(25-33)39(45)49-24-10-4-3-7-21-46-27-41;1-4(2)3/h11-20,25,27H,1,3-10,21-24H2,2H3;1H2,2-3H3. The number of carbonyl (C=O) groups excluding carboxylic acids is 5. The second-order valence-electron chi connectivity index (χ2n) is 12.6. The molecule has 0 heterocycles. The van der Waals surface area contributed by atoms with Gasteiger partial charge in [0.05, 0.1) is 49.2 Å². The minimum Gasteiger partial charge on any atom is -0.494 e. The maximum atomic E-state index is 13.1. The lowest BCUT2D eigenvalue weighted by Crippen LogP contribution is -2.14. The first-order chi connectivity index (χ1) is 26.4. The number of allylic oxidation sites excluding steroid dienone is 1. The molecule has 3 aromatic rings. The van der Waals surface area contributed by atoms with Crippen LogP contribution >= 0.6 is 0 Å². The predicted octanol–water partition coefficient (Wildman–Crippen LogP) is 8.53. The van der Waals surface area contributed by atoms with Crippen LogP contribution in [0.15, 0.2) is 91.0 Å². The lowest BCUT2D eigenvalue weighted by molar-refractivity contribution is -0.139. The molecule has 0 aliphatic carbocycles. The Kier molecular flexibility index (Phi) is 21.0. The second-order valence-corrected chi connectivity index (χ2v) is 12.6. The molecule has 3 rings (SSSR count). The zero-order valence-corrected chi connectivity index (χ0v) is 31.8. The molecule has 292 valence electrons. The molecular weight excluding hydrogens is 706 g/mol. The first-order valence-electron chi connectivity index (χ1n) is 17.9. The van der Waals surface area contributed by atoms with E-state index in [2.05, 4.69) is 17.9 Å². The summed E-state index contributed by atoms with van der Waals surface area (Å²) < 4.78 is 32.0. The molecule has 0 aliphatic heterocycles. The summed E-state index contributed by atoms with van der Waals surface area (Å²) in [5.74, 6) is -2.12. The molecule has 12 heteroatoms. The van der Waals surface area contributed by atoms with Crippen LogP contribution in [-0.2, 0) is 23.8 Å². The zero-order valence-electron chi connectivity index (χ0n) is 31.8. The van der Waals surface area contributed by atoms with Gasteiger partial charge in [-0.1, -0.05) is 12.2 Å². The molecular formula is C43H49NO11. The summed E-state index contributed by atoms with van der Waals surface area (Å²) in [6.07, 6.45) is 6.09. The summed E-state index contributed by atoms with van der Waals surface area (Å²) in [7, 11) is 0. The van der Waals surface area contributed by atoms with Gasteiger partial charge in [0.1, 0.15) is 22.8 Å². The molecule has 12 nitrogen and oxygen atoms in total. The average Bonchev–Trinajstić information content (AvgIpc) is 3.17. The van der Waals surface area contributed by atoms with Gasteiger partial charge in [0, 0.05) is 5.57 Å². The highest BCUT2D eigenvalue weighted by molar-refractivity contribution is 5.97. The Balaban J connectivity index is 0.00000248. The van der Waals surface area contributed by atoms with Crippen LogP contribution in [0.25, 0.3) is 0 Å². The topological polar surface area (TPSA) is 165 Å². The van der Waals surface area contributed by atoms with Crippen LogP contribution in [0.1, 0.15) is 109 Å². The fraction of sp³-hybridized carbons (Fsp3) is 0.349.